The van der Waals surface area contributed by atoms with Gasteiger partial charge in [0.2, 0.25) is 0 Å². The van der Waals surface area contributed by atoms with Crippen molar-refractivity contribution in [2.45, 2.75) is 46.0 Å². The van der Waals surface area contributed by atoms with Gasteiger partial charge >= 0.3 is 0 Å². The predicted octanol–water partition coefficient (Wildman–Crippen LogP) is 3.97. The van der Waals surface area contributed by atoms with Crippen LogP contribution in [0.25, 0.3) is 0 Å². The molecule has 1 nitrogen and oxygen atoms in total. The van der Waals surface area contributed by atoms with Gasteiger partial charge in [-0.05, 0) is 41.9 Å². The molecule has 0 bridgehead atoms. The fourth-order valence-corrected chi connectivity index (χ4v) is 2.36. The molecule has 0 aromatic heterocycles. The zero-order valence-electron chi connectivity index (χ0n) is 10.4. The summed E-state index contributed by atoms with van der Waals surface area (Å²) in [5, 5.41) is 0. The second kappa shape index (κ2) is 4.40. The molecule has 1 atom stereocenters. The molecule has 0 fully saturated rings. The van der Waals surface area contributed by atoms with Crippen molar-refractivity contribution in [1.82, 2.24) is 0 Å². The summed E-state index contributed by atoms with van der Waals surface area (Å²) < 4.78 is 0. The third-order valence-corrected chi connectivity index (χ3v) is 3.54. The average molecular weight is 216 g/mol. The van der Waals surface area contributed by atoms with Crippen LogP contribution in [-0.4, -0.2) is 5.78 Å². The molecule has 0 spiro atoms. The van der Waals surface area contributed by atoms with Gasteiger partial charge in [0.25, 0.3) is 0 Å². The molecule has 16 heavy (non-hydrogen) atoms. The summed E-state index contributed by atoms with van der Waals surface area (Å²) in [5.41, 5.74) is 3.51. The molecule has 2 rings (SSSR count). The lowest BCUT2D eigenvalue weighted by atomic mass is 9.94. The van der Waals surface area contributed by atoms with Crippen molar-refractivity contribution < 1.29 is 4.79 Å². The van der Waals surface area contributed by atoms with Crippen molar-refractivity contribution in [3.05, 3.63) is 34.9 Å². The summed E-state index contributed by atoms with van der Waals surface area (Å²) in [4.78, 5) is 12.1. The molecule has 1 unspecified atom stereocenters. The van der Waals surface area contributed by atoms with E-state index in [9.17, 15) is 4.79 Å². The number of carbonyl (C=O) groups excluding carboxylic acids is 1. The second-order valence-electron chi connectivity index (χ2n) is 5.34. The van der Waals surface area contributed by atoms with E-state index in [2.05, 4.69) is 39.0 Å². The van der Waals surface area contributed by atoms with Gasteiger partial charge in [-0.15, -0.1) is 0 Å². The first kappa shape index (κ1) is 11.4. The van der Waals surface area contributed by atoms with E-state index >= 15 is 0 Å². The van der Waals surface area contributed by atoms with E-state index in [1.165, 1.54) is 11.1 Å². The molecule has 0 amide bonds. The van der Waals surface area contributed by atoms with Gasteiger partial charge in [0.15, 0.2) is 5.78 Å². The Morgan fingerprint density at radius 2 is 2.06 bits per heavy atom. The van der Waals surface area contributed by atoms with Crippen LogP contribution in [0.5, 0.6) is 0 Å². The van der Waals surface area contributed by atoms with E-state index in [-0.39, 0.29) is 0 Å². The highest BCUT2D eigenvalue weighted by Gasteiger charge is 2.20. The molecule has 1 aromatic rings. The number of fused-ring (bicyclic) bond motifs is 1. The Morgan fingerprint density at radius 1 is 1.31 bits per heavy atom. The summed E-state index contributed by atoms with van der Waals surface area (Å²) in [6.45, 7) is 6.52. The third kappa shape index (κ3) is 2.18. The monoisotopic (exact) mass is 216 g/mol. The number of ketones is 1. The van der Waals surface area contributed by atoms with Crippen molar-refractivity contribution in [3.63, 3.8) is 0 Å². The molecule has 0 radical (unpaired) electrons. The van der Waals surface area contributed by atoms with Crippen LogP contribution in [0.2, 0.25) is 0 Å². The first-order valence-electron chi connectivity index (χ1n) is 6.24. The summed E-state index contributed by atoms with van der Waals surface area (Å²) in [6.07, 6.45) is 2.91. The van der Waals surface area contributed by atoms with E-state index in [1.807, 2.05) is 0 Å². The number of benzene rings is 1. The van der Waals surface area contributed by atoms with Gasteiger partial charge in [-0.1, -0.05) is 32.9 Å². The van der Waals surface area contributed by atoms with Gasteiger partial charge in [0, 0.05) is 12.0 Å². The second-order valence-corrected chi connectivity index (χ2v) is 5.34. The molecule has 0 aliphatic heterocycles. The Bertz CT molecular complexity index is 404. The maximum absolute atomic E-state index is 12.1. The smallest absolute Gasteiger partial charge is 0.163 e. The quantitative estimate of drug-likeness (QED) is 0.649. The fraction of sp³-hybridized carbons (Fsp3) is 0.533. The van der Waals surface area contributed by atoms with Crippen molar-refractivity contribution in [2.75, 3.05) is 0 Å². The molecule has 1 aromatic carbocycles. The van der Waals surface area contributed by atoms with Crippen LogP contribution >= 0.6 is 0 Å². The lowest BCUT2D eigenvalue weighted by molar-refractivity contribution is 0.0967. The zero-order chi connectivity index (χ0) is 11.7. The van der Waals surface area contributed by atoms with Crippen molar-refractivity contribution in [3.8, 4) is 0 Å². The SMILES string of the molecule is CC1CCc2ccc(C(C)C)cc2C(=O)C1. The van der Waals surface area contributed by atoms with Crippen LogP contribution in [0, 0.1) is 5.92 Å². The van der Waals surface area contributed by atoms with Crippen molar-refractivity contribution in [1.29, 1.82) is 0 Å². The van der Waals surface area contributed by atoms with Crippen LogP contribution in [0.4, 0.5) is 0 Å². The molecule has 0 saturated heterocycles. The van der Waals surface area contributed by atoms with Crippen molar-refractivity contribution in [2.24, 2.45) is 5.92 Å². The molecule has 0 saturated carbocycles. The normalized spacial score (nSPS) is 20.8. The van der Waals surface area contributed by atoms with Crippen molar-refractivity contribution >= 4 is 5.78 Å². The number of rotatable bonds is 1. The molecule has 1 aliphatic carbocycles. The number of Topliss-reactive ketones (excluding diaryl/α,β-unsaturated/α-hetero) is 1. The third-order valence-electron chi connectivity index (χ3n) is 3.54. The van der Waals surface area contributed by atoms with E-state index in [0.29, 0.717) is 24.0 Å². The Kier molecular flexibility index (Phi) is 3.13. The van der Waals surface area contributed by atoms with Gasteiger partial charge in [0.1, 0.15) is 0 Å². The topological polar surface area (TPSA) is 17.1 Å². The number of carbonyl (C=O) groups is 1. The van der Waals surface area contributed by atoms with Crippen LogP contribution in [0.15, 0.2) is 18.2 Å². The van der Waals surface area contributed by atoms with Crippen LogP contribution in [-0.2, 0) is 6.42 Å². The molecule has 1 heteroatoms. The lowest BCUT2D eigenvalue weighted by Gasteiger charge is -2.10. The number of hydrogen-bond donors (Lipinski definition) is 0. The molecule has 0 heterocycles. The molecular formula is C15H20O. The Labute approximate surface area is 97.9 Å². The maximum atomic E-state index is 12.1. The predicted molar refractivity (Wildman–Crippen MR) is 67.0 cm³/mol. The van der Waals surface area contributed by atoms with E-state index in [0.717, 1.165) is 18.4 Å². The number of aryl methyl sites for hydroxylation is 1. The molecule has 86 valence electrons. The zero-order valence-corrected chi connectivity index (χ0v) is 10.4. The van der Waals surface area contributed by atoms with Gasteiger partial charge in [0.05, 0.1) is 0 Å². The van der Waals surface area contributed by atoms with E-state index in [4.69, 9.17) is 0 Å². The standard InChI is InChI=1S/C15H20O/c1-10(2)13-7-6-12-5-4-11(3)8-15(16)14(12)9-13/h6-7,9-11H,4-5,8H2,1-3H3. The minimum atomic E-state index is 0.336. The van der Waals surface area contributed by atoms with Crippen LogP contribution in [0.1, 0.15) is 61.0 Å². The first-order chi connectivity index (χ1) is 7.58. The fourth-order valence-electron chi connectivity index (χ4n) is 2.36. The van der Waals surface area contributed by atoms with Crippen LogP contribution < -0.4 is 0 Å². The summed E-state index contributed by atoms with van der Waals surface area (Å²) in [6, 6.07) is 6.44. The molecular weight excluding hydrogens is 196 g/mol. The summed E-state index contributed by atoms with van der Waals surface area (Å²) in [5.74, 6) is 1.36. The minimum Gasteiger partial charge on any atom is -0.294 e. The van der Waals surface area contributed by atoms with Gasteiger partial charge in [-0.2, -0.15) is 0 Å². The largest absolute Gasteiger partial charge is 0.294 e. The number of hydrogen-bond acceptors (Lipinski definition) is 1. The Balaban J connectivity index is 2.41. The maximum Gasteiger partial charge on any atom is 0.163 e. The van der Waals surface area contributed by atoms with Crippen LogP contribution in [0.3, 0.4) is 0 Å². The van der Waals surface area contributed by atoms with E-state index < -0.39 is 0 Å². The van der Waals surface area contributed by atoms with Gasteiger partial charge < -0.3 is 0 Å². The Morgan fingerprint density at radius 3 is 2.75 bits per heavy atom. The highest BCUT2D eigenvalue weighted by atomic mass is 16.1. The van der Waals surface area contributed by atoms with E-state index in [1.54, 1.807) is 0 Å². The van der Waals surface area contributed by atoms with Gasteiger partial charge in [-0.3, -0.25) is 4.79 Å². The molecule has 1 aliphatic rings. The summed E-state index contributed by atoms with van der Waals surface area (Å²) >= 11 is 0. The minimum absolute atomic E-state index is 0.336. The lowest BCUT2D eigenvalue weighted by Crippen LogP contribution is -2.04. The highest BCUT2D eigenvalue weighted by Crippen LogP contribution is 2.27. The average Bonchev–Trinajstić information content (AvgIpc) is 2.38. The summed E-state index contributed by atoms with van der Waals surface area (Å²) in [7, 11) is 0. The van der Waals surface area contributed by atoms with Gasteiger partial charge in [-0.25, -0.2) is 0 Å². The Hall–Kier alpha value is -1.11. The molecule has 0 N–H and O–H groups in total. The first-order valence-corrected chi connectivity index (χ1v) is 6.24. The highest BCUT2D eigenvalue weighted by molar-refractivity contribution is 5.98.